The minimum Gasteiger partial charge on any atom is -0.460 e. The Kier molecular flexibility index (Phi) is 6.03. The van der Waals surface area contributed by atoms with E-state index < -0.39 is 21.8 Å². The first-order valence-electron chi connectivity index (χ1n) is 8.86. The lowest BCUT2D eigenvalue weighted by Gasteiger charge is -2.12. The van der Waals surface area contributed by atoms with Crippen molar-refractivity contribution in [2.75, 3.05) is 0 Å². The summed E-state index contributed by atoms with van der Waals surface area (Å²) in [7, 11) is 0. The van der Waals surface area contributed by atoms with Crippen molar-refractivity contribution in [1.82, 2.24) is 0 Å². The van der Waals surface area contributed by atoms with Crippen LogP contribution < -0.4 is 5.63 Å². The van der Waals surface area contributed by atoms with Gasteiger partial charge in [-0.15, -0.1) is 11.8 Å². The fraction of sp³-hybridized carbons (Fsp3) is 0.238. The van der Waals surface area contributed by atoms with E-state index in [-0.39, 0.29) is 12.3 Å². The van der Waals surface area contributed by atoms with Gasteiger partial charge in [-0.1, -0.05) is 0 Å². The van der Waals surface area contributed by atoms with Gasteiger partial charge in [0.1, 0.15) is 17.4 Å². The lowest BCUT2D eigenvalue weighted by atomic mass is 10.0. The molecule has 3 aromatic rings. The number of ether oxygens (including phenoxy) is 1. The predicted molar refractivity (Wildman–Crippen MR) is 110 cm³/mol. The lowest BCUT2D eigenvalue weighted by molar-refractivity contribution is -0.384. The van der Waals surface area contributed by atoms with Gasteiger partial charge in [-0.25, -0.2) is 4.79 Å². The molecule has 2 aromatic carbocycles. The second-order valence-corrected chi connectivity index (χ2v) is 8.06. The number of rotatable bonds is 6. The number of hydrogen-bond acceptors (Lipinski definition) is 7. The van der Waals surface area contributed by atoms with Crippen LogP contribution in [-0.4, -0.2) is 16.1 Å². The number of benzene rings is 2. The van der Waals surface area contributed by atoms with Gasteiger partial charge >= 0.3 is 11.6 Å². The van der Waals surface area contributed by atoms with Gasteiger partial charge in [0.2, 0.25) is 0 Å². The summed E-state index contributed by atoms with van der Waals surface area (Å²) in [6.07, 6.45) is 0. The standard InChI is InChI=1S/C21H19NO6S/c1-12-8-18-15(10-20(23)28-19(18)9-13(12)2)11-27-21(24)14(3)29-17-6-4-16(5-7-17)22(25)26/h4-10,14H,11H2,1-3H3/t14-/m1/s1. The van der Waals surface area contributed by atoms with Crippen LogP contribution in [0.1, 0.15) is 23.6 Å². The zero-order valence-electron chi connectivity index (χ0n) is 16.1. The van der Waals surface area contributed by atoms with Crippen LogP contribution in [0, 0.1) is 24.0 Å². The van der Waals surface area contributed by atoms with Crippen molar-refractivity contribution in [3.05, 3.63) is 79.7 Å². The van der Waals surface area contributed by atoms with E-state index >= 15 is 0 Å². The van der Waals surface area contributed by atoms with Gasteiger partial charge in [-0.2, -0.15) is 0 Å². The Morgan fingerprint density at radius 1 is 1.17 bits per heavy atom. The van der Waals surface area contributed by atoms with E-state index in [4.69, 9.17) is 9.15 Å². The number of carbonyl (C=O) groups excluding carboxylic acids is 1. The fourth-order valence-electron chi connectivity index (χ4n) is 2.77. The molecule has 0 bridgehead atoms. The number of thioether (sulfide) groups is 1. The van der Waals surface area contributed by atoms with Crippen LogP contribution in [0.2, 0.25) is 0 Å². The van der Waals surface area contributed by atoms with E-state index in [0.29, 0.717) is 11.1 Å². The number of aryl methyl sites for hydroxylation is 2. The van der Waals surface area contributed by atoms with E-state index in [1.54, 1.807) is 25.1 Å². The summed E-state index contributed by atoms with van der Waals surface area (Å²) in [4.78, 5) is 35.2. The molecule has 0 spiro atoms. The minimum atomic E-state index is -0.521. The highest BCUT2D eigenvalue weighted by molar-refractivity contribution is 8.00. The maximum absolute atomic E-state index is 12.4. The summed E-state index contributed by atoms with van der Waals surface area (Å²) in [6.45, 7) is 5.53. The molecule has 3 rings (SSSR count). The van der Waals surface area contributed by atoms with Crippen LogP contribution in [0.5, 0.6) is 0 Å². The molecule has 1 atom stereocenters. The third-order valence-corrected chi connectivity index (χ3v) is 5.60. The molecule has 0 N–H and O–H groups in total. The quantitative estimate of drug-likeness (QED) is 0.192. The average molecular weight is 413 g/mol. The zero-order valence-corrected chi connectivity index (χ0v) is 16.9. The Balaban J connectivity index is 1.70. The third kappa shape index (κ3) is 4.83. The number of nitrogens with zero attached hydrogens (tertiary/aromatic N) is 1. The summed E-state index contributed by atoms with van der Waals surface area (Å²) in [5.41, 5.74) is 2.58. The number of nitro benzene ring substituents is 1. The highest BCUT2D eigenvalue weighted by Crippen LogP contribution is 2.27. The molecule has 0 aliphatic carbocycles. The van der Waals surface area contributed by atoms with Crippen molar-refractivity contribution in [1.29, 1.82) is 0 Å². The van der Waals surface area contributed by atoms with Crippen LogP contribution in [0.4, 0.5) is 5.69 Å². The number of esters is 1. The first-order chi connectivity index (χ1) is 13.7. The van der Waals surface area contributed by atoms with Crippen LogP contribution in [0.25, 0.3) is 11.0 Å². The Hall–Kier alpha value is -3.13. The number of non-ortho nitro benzene ring substituents is 1. The summed E-state index contributed by atoms with van der Waals surface area (Å²) >= 11 is 1.24. The topological polar surface area (TPSA) is 99.7 Å². The second-order valence-electron chi connectivity index (χ2n) is 6.64. The van der Waals surface area contributed by atoms with Crippen molar-refractivity contribution in [2.24, 2.45) is 0 Å². The molecular formula is C21H19NO6S. The number of carbonyl (C=O) groups is 1. The maximum atomic E-state index is 12.4. The van der Waals surface area contributed by atoms with E-state index in [9.17, 15) is 19.7 Å². The Labute approximate surface area is 170 Å². The fourth-order valence-corrected chi connectivity index (χ4v) is 3.63. The van der Waals surface area contributed by atoms with Crippen molar-refractivity contribution in [3.63, 3.8) is 0 Å². The van der Waals surface area contributed by atoms with Crippen LogP contribution >= 0.6 is 11.8 Å². The highest BCUT2D eigenvalue weighted by atomic mass is 32.2. The van der Waals surface area contributed by atoms with Gasteiger partial charge in [-0.05, 0) is 56.2 Å². The molecule has 7 nitrogen and oxygen atoms in total. The molecule has 1 aromatic heterocycles. The molecule has 0 saturated heterocycles. The largest absolute Gasteiger partial charge is 0.460 e. The van der Waals surface area contributed by atoms with E-state index in [2.05, 4.69) is 0 Å². The SMILES string of the molecule is Cc1cc2oc(=O)cc(COC(=O)[C@@H](C)Sc3ccc([N+](=O)[O-])cc3)c2cc1C. The summed E-state index contributed by atoms with van der Waals surface area (Å²) in [5, 5.41) is 10.9. The van der Waals surface area contributed by atoms with Gasteiger partial charge in [0.05, 0.1) is 4.92 Å². The highest BCUT2D eigenvalue weighted by Gasteiger charge is 2.18. The zero-order chi connectivity index (χ0) is 21.1. The van der Waals surface area contributed by atoms with Crippen molar-refractivity contribution in [3.8, 4) is 0 Å². The molecule has 0 aliphatic heterocycles. The second kappa shape index (κ2) is 8.48. The normalized spacial score (nSPS) is 12.0. The van der Waals surface area contributed by atoms with E-state index in [1.807, 2.05) is 19.9 Å². The van der Waals surface area contributed by atoms with Gasteiger partial charge in [0, 0.05) is 34.0 Å². The molecule has 0 aliphatic rings. The minimum absolute atomic E-state index is 0.00935. The average Bonchev–Trinajstić information content (AvgIpc) is 2.67. The van der Waals surface area contributed by atoms with Gasteiger partial charge in [0.15, 0.2) is 0 Å². The molecule has 150 valence electrons. The predicted octanol–water partition coefficient (Wildman–Crippen LogP) is 4.54. The first-order valence-corrected chi connectivity index (χ1v) is 9.74. The maximum Gasteiger partial charge on any atom is 0.336 e. The Morgan fingerprint density at radius 3 is 2.48 bits per heavy atom. The number of hydrogen-bond donors (Lipinski definition) is 0. The summed E-state index contributed by atoms with van der Waals surface area (Å²) in [5.74, 6) is -0.446. The number of fused-ring (bicyclic) bond motifs is 1. The van der Waals surface area contributed by atoms with Gasteiger partial charge in [0.25, 0.3) is 5.69 Å². The van der Waals surface area contributed by atoms with Crippen molar-refractivity contribution in [2.45, 2.75) is 37.5 Å². The molecule has 1 heterocycles. The van der Waals surface area contributed by atoms with Crippen LogP contribution in [0.15, 0.2) is 56.6 Å². The third-order valence-electron chi connectivity index (χ3n) is 4.51. The summed E-state index contributed by atoms with van der Waals surface area (Å²) in [6, 6.07) is 11.0. The van der Waals surface area contributed by atoms with Crippen LogP contribution in [-0.2, 0) is 16.1 Å². The van der Waals surface area contributed by atoms with Crippen molar-refractivity contribution < 1.29 is 18.9 Å². The van der Waals surface area contributed by atoms with E-state index in [0.717, 1.165) is 21.4 Å². The lowest BCUT2D eigenvalue weighted by Crippen LogP contribution is -2.17. The first kappa shape index (κ1) is 20.6. The molecule has 0 fully saturated rings. The molecule has 0 amide bonds. The molecule has 29 heavy (non-hydrogen) atoms. The smallest absolute Gasteiger partial charge is 0.336 e. The summed E-state index contributed by atoms with van der Waals surface area (Å²) < 4.78 is 10.7. The van der Waals surface area contributed by atoms with E-state index in [1.165, 1.54) is 30.0 Å². The molecule has 0 saturated carbocycles. The molecule has 0 radical (unpaired) electrons. The molecule has 0 unspecified atom stereocenters. The van der Waals surface area contributed by atoms with Gasteiger partial charge in [-0.3, -0.25) is 14.9 Å². The van der Waals surface area contributed by atoms with Gasteiger partial charge < -0.3 is 9.15 Å². The Bertz CT molecular complexity index is 1140. The number of nitro groups is 1. The molecule has 8 heteroatoms. The Morgan fingerprint density at radius 2 is 1.83 bits per heavy atom. The van der Waals surface area contributed by atoms with Crippen LogP contribution in [0.3, 0.4) is 0 Å². The van der Waals surface area contributed by atoms with Crippen molar-refractivity contribution >= 4 is 34.4 Å². The molecular weight excluding hydrogens is 394 g/mol. The monoisotopic (exact) mass is 413 g/mol.